The lowest BCUT2D eigenvalue weighted by atomic mass is 10.0. The molecule has 102 valence electrons. The van der Waals surface area contributed by atoms with Crippen LogP contribution in [0.15, 0.2) is 24.4 Å². The van der Waals surface area contributed by atoms with Gasteiger partial charge in [0.1, 0.15) is 0 Å². The zero-order valence-corrected chi connectivity index (χ0v) is 12.3. The van der Waals surface area contributed by atoms with Crippen LogP contribution in [-0.4, -0.2) is 28.9 Å². The van der Waals surface area contributed by atoms with Crippen LogP contribution in [0.1, 0.15) is 28.4 Å². The summed E-state index contributed by atoms with van der Waals surface area (Å²) in [5, 5.41) is 1.01. The Bertz CT molecular complexity index is 713. The van der Waals surface area contributed by atoms with Crippen molar-refractivity contribution in [3.05, 3.63) is 41.1 Å². The van der Waals surface area contributed by atoms with Gasteiger partial charge in [-0.15, -0.1) is 6.42 Å². The lowest BCUT2D eigenvalue weighted by molar-refractivity contribution is 0.0776. The first-order valence-electron chi connectivity index (χ1n) is 6.55. The molecule has 0 saturated heterocycles. The zero-order chi connectivity index (χ0) is 14.9. The van der Waals surface area contributed by atoms with E-state index in [2.05, 4.69) is 17.0 Å². The topological polar surface area (TPSA) is 33.2 Å². The van der Waals surface area contributed by atoms with E-state index in [0.29, 0.717) is 5.56 Å². The summed E-state index contributed by atoms with van der Waals surface area (Å²) < 4.78 is 0. The number of aryl methyl sites for hydroxylation is 2. The van der Waals surface area contributed by atoms with Crippen LogP contribution in [0, 0.1) is 26.2 Å². The second-order valence-electron chi connectivity index (χ2n) is 5.10. The molecule has 3 nitrogen and oxygen atoms in total. The molecule has 1 amide bonds. The maximum atomic E-state index is 12.6. The summed E-state index contributed by atoms with van der Waals surface area (Å²) in [6, 6.07) is 5.63. The first kappa shape index (κ1) is 14.1. The predicted molar refractivity (Wildman–Crippen MR) is 81.6 cm³/mol. The quantitative estimate of drug-likeness (QED) is 0.783. The molecule has 2 rings (SSSR count). The molecule has 0 saturated carbocycles. The van der Waals surface area contributed by atoms with Crippen LogP contribution >= 0.6 is 0 Å². The Morgan fingerprint density at radius 3 is 2.75 bits per heavy atom. The summed E-state index contributed by atoms with van der Waals surface area (Å²) in [6.45, 7) is 5.83. The lowest BCUT2D eigenvalue weighted by Crippen LogP contribution is -2.34. The van der Waals surface area contributed by atoms with Crippen molar-refractivity contribution in [2.75, 3.05) is 7.05 Å². The third-order valence-electron chi connectivity index (χ3n) is 3.58. The van der Waals surface area contributed by atoms with E-state index in [-0.39, 0.29) is 11.9 Å². The second kappa shape index (κ2) is 5.34. The molecule has 0 aliphatic rings. The van der Waals surface area contributed by atoms with Crippen LogP contribution < -0.4 is 0 Å². The molecule has 0 aliphatic carbocycles. The number of rotatable bonds is 2. The maximum Gasteiger partial charge on any atom is 0.256 e. The summed E-state index contributed by atoms with van der Waals surface area (Å²) >= 11 is 0. The Morgan fingerprint density at radius 1 is 1.40 bits per heavy atom. The summed E-state index contributed by atoms with van der Waals surface area (Å²) in [5.41, 5.74) is 3.49. The fourth-order valence-corrected chi connectivity index (χ4v) is 2.17. The highest BCUT2D eigenvalue weighted by atomic mass is 16.2. The number of nitrogens with zero attached hydrogens (tertiary/aromatic N) is 2. The molecule has 0 bridgehead atoms. The number of pyridine rings is 1. The molecular formula is C17H18N2O. The van der Waals surface area contributed by atoms with Crippen molar-refractivity contribution in [3.63, 3.8) is 0 Å². The Labute approximate surface area is 119 Å². The number of carbonyl (C=O) groups is 1. The molecule has 0 radical (unpaired) electrons. The van der Waals surface area contributed by atoms with E-state index in [1.165, 1.54) is 0 Å². The van der Waals surface area contributed by atoms with Crippen LogP contribution in [0.3, 0.4) is 0 Å². The molecule has 3 heteroatoms. The van der Waals surface area contributed by atoms with Crippen LogP contribution in [0.4, 0.5) is 0 Å². The van der Waals surface area contributed by atoms with Crippen molar-refractivity contribution in [1.29, 1.82) is 0 Å². The van der Waals surface area contributed by atoms with Crippen molar-refractivity contribution in [3.8, 4) is 12.3 Å². The van der Waals surface area contributed by atoms with E-state index in [4.69, 9.17) is 6.42 Å². The molecule has 1 aromatic heterocycles. The van der Waals surface area contributed by atoms with Gasteiger partial charge in [-0.1, -0.05) is 5.92 Å². The van der Waals surface area contributed by atoms with Crippen LogP contribution in [0.5, 0.6) is 0 Å². The SMILES string of the molecule is C#CC(C)N(C)C(=O)c1cc(C)cc2c(C)ccnc12. The van der Waals surface area contributed by atoms with Crippen molar-refractivity contribution in [1.82, 2.24) is 9.88 Å². The molecule has 0 spiro atoms. The molecule has 1 aromatic carbocycles. The van der Waals surface area contributed by atoms with Crippen molar-refractivity contribution in [2.24, 2.45) is 0 Å². The third-order valence-corrected chi connectivity index (χ3v) is 3.58. The summed E-state index contributed by atoms with van der Waals surface area (Å²) in [4.78, 5) is 18.6. The van der Waals surface area contributed by atoms with Crippen LogP contribution in [0.25, 0.3) is 10.9 Å². The van der Waals surface area contributed by atoms with E-state index in [1.54, 1.807) is 18.1 Å². The number of amides is 1. The average Bonchev–Trinajstić information content (AvgIpc) is 2.45. The van der Waals surface area contributed by atoms with Gasteiger partial charge in [-0.2, -0.15) is 0 Å². The molecule has 0 N–H and O–H groups in total. The first-order chi connectivity index (χ1) is 9.45. The number of aromatic nitrogens is 1. The van der Waals surface area contributed by atoms with E-state index in [1.807, 2.05) is 32.9 Å². The minimum Gasteiger partial charge on any atom is -0.328 e. The van der Waals surface area contributed by atoms with Gasteiger partial charge in [-0.25, -0.2) is 0 Å². The van der Waals surface area contributed by atoms with Gasteiger partial charge in [0.2, 0.25) is 0 Å². The zero-order valence-electron chi connectivity index (χ0n) is 12.3. The van der Waals surface area contributed by atoms with Gasteiger partial charge in [0, 0.05) is 18.6 Å². The number of hydrogen-bond donors (Lipinski definition) is 0. The fraction of sp³-hybridized carbons (Fsp3) is 0.294. The number of carbonyl (C=O) groups excluding carboxylic acids is 1. The normalized spacial score (nSPS) is 11.9. The maximum absolute atomic E-state index is 12.6. The van der Waals surface area contributed by atoms with Gasteiger partial charge in [0.05, 0.1) is 17.1 Å². The molecular weight excluding hydrogens is 248 g/mol. The number of hydrogen-bond acceptors (Lipinski definition) is 2. The molecule has 1 heterocycles. The van der Waals surface area contributed by atoms with Gasteiger partial charge < -0.3 is 4.90 Å². The molecule has 20 heavy (non-hydrogen) atoms. The fourth-order valence-electron chi connectivity index (χ4n) is 2.17. The molecule has 1 atom stereocenters. The standard InChI is InChI=1S/C17H18N2O/c1-6-13(4)19(5)17(20)15-10-11(2)9-14-12(3)7-8-18-16(14)15/h1,7-10,13H,2-5H3. The van der Waals surface area contributed by atoms with Gasteiger partial charge in [0.25, 0.3) is 5.91 Å². The molecule has 0 fully saturated rings. The van der Waals surface area contributed by atoms with Crippen LogP contribution in [-0.2, 0) is 0 Å². The highest BCUT2D eigenvalue weighted by molar-refractivity contribution is 6.06. The smallest absolute Gasteiger partial charge is 0.256 e. The average molecular weight is 266 g/mol. The van der Waals surface area contributed by atoms with E-state index in [0.717, 1.165) is 22.0 Å². The Balaban J connectivity index is 2.63. The largest absolute Gasteiger partial charge is 0.328 e. The van der Waals surface area contributed by atoms with Gasteiger partial charge >= 0.3 is 0 Å². The third kappa shape index (κ3) is 2.37. The number of benzene rings is 1. The monoisotopic (exact) mass is 266 g/mol. The highest BCUT2D eigenvalue weighted by Gasteiger charge is 2.19. The highest BCUT2D eigenvalue weighted by Crippen LogP contribution is 2.23. The summed E-state index contributed by atoms with van der Waals surface area (Å²) in [6.07, 6.45) is 7.13. The van der Waals surface area contributed by atoms with Crippen LogP contribution in [0.2, 0.25) is 0 Å². The Morgan fingerprint density at radius 2 is 2.10 bits per heavy atom. The summed E-state index contributed by atoms with van der Waals surface area (Å²) in [7, 11) is 1.72. The van der Waals surface area contributed by atoms with Gasteiger partial charge in [-0.3, -0.25) is 9.78 Å². The molecule has 0 aliphatic heterocycles. The minimum atomic E-state index is -0.247. The number of fused-ring (bicyclic) bond motifs is 1. The molecule has 2 aromatic rings. The predicted octanol–water partition coefficient (Wildman–Crippen LogP) is 2.95. The van der Waals surface area contributed by atoms with E-state index < -0.39 is 0 Å². The van der Waals surface area contributed by atoms with Crippen molar-refractivity contribution < 1.29 is 4.79 Å². The van der Waals surface area contributed by atoms with Gasteiger partial charge in [-0.05, 0) is 50.1 Å². The summed E-state index contributed by atoms with van der Waals surface area (Å²) in [5.74, 6) is 2.48. The Kier molecular flexibility index (Phi) is 3.76. The van der Waals surface area contributed by atoms with Crippen molar-refractivity contribution in [2.45, 2.75) is 26.8 Å². The minimum absolute atomic E-state index is 0.0951. The Hall–Kier alpha value is -2.34. The lowest BCUT2D eigenvalue weighted by Gasteiger charge is -2.21. The number of terminal acetylenes is 1. The van der Waals surface area contributed by atoms with Gasteiger partial charge in [0.15, 0.2) is 0 Å². The van der Waals surface area contributed by atoms with E-state index in [9.17, 15) is 4.79 Å². The molecule has 1 unspecified atom stereocenters. The first-order valence-corrected chi connectivity index (χ1v) is 6.55. The van der Waals surface area contributed by atoms with Crippen molar-refractivity contribution >= 4 is 16.8 Å². The second-order valence-corrected chi connectivity index (χ2v) is 5.10. The van der Waals surface area contributed by atoms with E-state index >= 15 is 0 Å².